The molecule has 1 heterocycles. The van der Waals surface area contributed by atoms with E-state index in [2.05, 4.69) is 272 Å². The quantitative estimate of drug-likeness (QED) is 0.0150. The number of aliphatic hydroxyl groups excluding tert-OH is 4. The van der Waals surface area contributed by atoms with E-state index in [1.165, 1.54) is 133 Å². The number of ether oxygens (including phenoxy) is 4. The Kier molecular flexibility index (Phi) is 40.9. The summed E-state index contributed by atoms with van der Waals surface area (Å²) in [7, 11) is -4.91. The molecule has 0 saturated carbocycles. The number of fused-ring (bicyclic) bond motifs is 4. The Morgan fingerprint density at radius 1 is 0.366 bits per heavy atom. The molecule has 0 atom stereocenters. The number of hydrogen-bond acceptors (Lipinski definition) is 14. The zero-order valence-corrected chi connectivity index (χ0v) is 85.0. The van der Waals surface area contributed by atoms with Crippen LogP contribution < -0.4 is 29.9 Å². The fourth-order valence-electron chi connectivity index (χ4n) is 17.5. The summed E-state index contributed by atoms with van der Waals surface area (Å²) in [6.07, 6.45) is 17.6. The third-order valence-electron chi connectivity index (χ3n) is 26.0. The second-order valence-electron chi connectivity index (χ2n) is 36.9. The van der Waals surface area contributed by atoms with Crippen LogP contribution in [-0.2, 0) is 101 Å². The Morgan fingerprint density at radius 3 is 1.08 bits per heavy atom. The number of halogens is 4. The molecule has 0 aromatic heterocycles. The molecule has 1 saturated heterocycles. The first-order valence-electron chi connectivity index (χ1n) is 49.4. The average molecular weight is 2040 g/mol. The van der Waals surface area contributed by atoms with Crippen LogP contribution in [-0.4, -0.2) is 97.1 Å². The summed E-state index contributed by atoms with van der Waals surface area (Å²) in [4.78, 5) is 0. The molecule has 749 valence electrons. The minimum atomic E-state index is -5.70. The maximum absolute atomic E-state index is 12.5. The Labute approximate surface area is 861 Å². The van der Waals surface area contributed by atoms with Gasteiger partial charge in [-0.05, 0) is 325 Å². The predicted molar refractivity (Wildman–Crippen MR) is 581 cm³/mol. The van der Waals surface area contributed by atoms with Gasteiger partial charge >= 0.3 is 30.2 Å². The van der Waals surface area contributed by atoms with E-state index in [4.69, 9.17) is 53.7 Å². The standard InChI is InChI=1S/C32H30O2.C26H25BrO2.C26H26O2.C18H15F3O4S.C15H23BO3.C6H6BO.H2O/c33-21-7-10-24-13-15-27(16-14-24)32-30(26-11-5-2-6-12-26)19-17-28-22-29(18-20-31(28)32)34-23-25-8-3-1-4-9-25;27-25-15-12-22-17-23(29-18-20-5-2-1-3-6-20)13-14-24(22)26(25)21-10-8-19(9-11-21)7-4-16-28;27-17-5-8-20-11-13-22(14-12-20)25-10-4-9-23-18-24(15-16-26(23)25)28-19-21-6-2-1-3-7-21;19-18(20,21)26(22,23)25-17-8-4-7-14-11-15(9-10-16(14)17)24-12-13-5-2-1-3-6-13;1-14(2)15(3,4)19-16(18-14)13-9-7-12(8-10-13)6-5-11-17;8-7-6-4-2-1-3-5-6;/h1-6,8-9,11-16,18,20,22,33H,7,10,17,19,21,23H2;1-3,5-6,8-11,13-14,17,28H,4,7,12,15-16,18H2;1-3,6-7,10-16,18,27H,4-5,8-9,17,19H2;1-3,5-6,8-11H,4,7,12H2;7-10,17H,5-6,11H2,1-4H3;1-5,8H;1H2. The third kappa shape index (κ3) is 31.3. The molecule has 0 unspecified atom stereocenters. The summed E-state index contributed by atoms with van der Waals surface area (Å²) in [5.74, 6) is 3.02. The van der Waals surface area contributed by atoms with Crippen LogP contribution in [0.25, 0.3) is 28.1 Å². The van der Waals surface area contributed by atoms with Crippen LogP contribution in [0.3, 0.4) is 0 Å². The van der Waals surface area contributed by atoms with Crippen LogP contribution in [0, 0.1) is 0 Å². The Balaban J connectivity index is 0.000000150. The van der Waals surface area contributed by atoms with Crippen molar-refractivity contribution in [1.82, 2.24) is 0 Å². The number of benzene rings is 14. The molecule has 0 spiro atoms. The summed E-state index contributed by atoms with van der Waals surface area (Å²) in [5, 5.41) is 44.4. The van der Waals surface area contributed by atoms with Gasteiger partial charge in [0.2, 0.25) is 0 Å². The van der Waals surface area contributed by atoms with Gasteiger partial charge in [-0.15, -0.1) is 0 Å². The van der Waals surface area contributed by atoms with Gasteiger partial charge in [0.25, 0.3) is 0 Å². The van der Waals surface area contributed by atoms with Gasteiger partial charge in [0.1, 0.15) is 55.2 Å². The van der Waals surface area contributed by atoms with Gasteiger partial charge in [0.05, 0.1) is 11.2 Å². The van der Waals surface area contributed by atoms with Crippen molar-refractivity contribution >= 4 is 79.6 Å². The number of hydrogen-bond donors (Lipinski definition) is 5. The molecule has 0 amide bonds. The van der Waals surface area contributed by atoms with Crippen LogP contribution in [0.2, 0.25) is 0 Å². The van der Waals surface area contributed by atoms with Crippen molar-refractivity contribution in [2.24, 2.45) is 0 Å². The second kappa shape index (κ2) is 54.3. The summed E-state index contributed by atoms with van der Waals surface area (Å²) in [6.45, 7) is 11.3. The SMILES string of the molecule is CC1(C)OB(c2ccc(CCCO)cc2)OC1(C)C.O.O=S(=O)(OC1=CCCc2cc(OCc3ccccc3)ccc21)C(F)(F)F.OCCCc1ccc(C2=C(Br)CCc3cc(OCc4ccccc4)ccc32)cc1.OCCCc1ccc(C2=C(c3ccccc3)CCc3cc(OCc4ccccc4)ccc32)cc1.OCCCc1ccc(C2=CCCc3cc(OCc4ccccc4)ccc32)cc1.O[B]c1ccccc1. The van der Waals surface area contributed by atoms with Gasteiger partial charge in [0, 0.05) is 36.5 Å². The lowest BCUT2D eigenvalue weighted by molar-refractivity contribution is -0.0509. The number of aryl methyl sites for hydroxylation is 8. The van der Waals surface area contributed by atoms with Crippen molar-refractivity contribution in [3.63, 3.8) is 0 Å². The highest BCUT2D eigenvalue weighted by atomic mass is 79.9. The molecule has 1 radical (unpaired) electrons. The van der Waals surface area contributed by atoms with Gasteiger partial charge in [-0.25, -0.2) is 0 Å². The Morgan fingerprint density at radius 2 is 0.697 bits per heavy atom. The van der Waals surface area contributed by atoms with E-state index >= 15 is 0 Å². The predicted octanol–water partition coefficient (Wildman–Crippen LogP) is 24.4. The van der Waals surface area contributed by atoms with Crippen molar-refractivity contribution < 1.29 is 85.0 Å². The summed E-state index contributed by atoms with van der Waals surface area (Å²) < 4.78 is 102. The molecule has 15 nitrogen and oxygen atoms in total. The number of alkyl halides is 3. The maximum atomic E-state index is 12.5. The Bertz CT molecular complexity index is 6660. The first-order valence-corrected chi connectivity index (χ1v) is 51.6. The van der Waals surface area contributed by atoms with E-state index < -0.39 is 15.6 Å². The van der Waals surface area contributed by atoms with Gasteiger partial charge in [0.15, 0.2) is 0 Å². The van der Waals surface area contributed by atoms with E-state index in [1.807, 2.05) is 115 Å². The van der Waals surface area contributed by atoms with E-state index in [1.54, 1.807) is 12.1 Å². The maximum Gasteiger partial charge on any atom is 0.534 e. The lowest BCUT2D eigenvalue weighted by atomic mass is 9.79. The van der Waals surface area contributed by atoms with Crippen LogP contribution in [0.1, 0.15) is 190 Å². The van der Waals surface area contributed by atoms with Gasteiger partial charge < -0.3 is 63.4 Å². The van der Waals surface area contributed by atoms with Gasteiger partial charge in [-0.1, -0.05) is 325 Å². The molecule has 1 aliphatic heterocycles. The molecule has 14 aromatic carbocycles. The van der Waals surface area contributed by atoms with Gasteiger partial charge in [-0.2, -0.15) is 21.6 Å². The topological polar surface area (TPSA) is 231 Å². The first-order chi connectivity index (χ1) is 69.9. The smallest absolute Gasteiger partial charge is 0.489 e. The molecule has 14 aromatic rings. The molecular weight excluding hydrogens is 1910 g/mol. The highest BCUT2D eigenvalue weighted by Gasteiger charge is 2.52. The molecule has 145 heavy (non-hydrogen) atoms. The number of aliphatic hydroxyl groups is 4. The molecule has 19 rings (SSSR count). The molecule has 5 aliphatic rings. The number of rotatable bonds is 32. The zero-order valence-electron chi connectivity index (χ0n) is 82.6. The van der Waals surface area contributed by atoms with Crippen molar-refractivity contribution in [3.8, 4) is 23.0 Å². The largest absolute Gasteiger partial charge is 0.534 e. The molecule has 4 aliphatic carbocycles. The van der Waals surface area contributed by atoms with Crippen molar-refractivity contribution in [1.29, 1.82) is 0 Å². The summed E-state index contributed by atoms with van der Waals surface area (Å²) in [5.41, 5.74) is 24.6. The molecule has 1 fully saturated rings. The van der Waals surface area contributed by atoms with E-state index in [0.29, 0.717) is 56.1 Å². The Hall–Kier alpha value is -12.9. The van der Waals surface area contributed by atoms with Crippen LogP contribution in [0.5, 0.6) is 23.0 Å². The first kappa shape index (κ1) is 109. The lowest BCUT2D eigenvalue weighted by Gasteiger charge is -2.32. The van der Waals surface area contributed by atoms with Crippen LogP contribution >= 0.6 is 15.9 Å². The van der Waals surface area contributed by atoms with E-state index in [9.17, 15) is 21.6 Å². The highest BCUT2D eigenvalue weighted by molar-refractivity contribution is 9.11. The van der Waals surface area contributed by atoms with Crippen LogP contribution in [0.4, 0.5) is 13.2 Å². The summed E-state index contributed by atoms with van der Waals surface area (Å²) >= 11 is 3.82. The third-order valence-corrected chi connectivity index (χ3v) is 27.8. The van der Waals surface area contributed by atoms with Crippen LogP contribution in [0.15, 0.2) is 368 Å². The van der Waals surface area contributed by atoms with Crippen molar-refractivity contribution in [2.75, 3.05) is 26.4 Å². The molecule has 7 N–H and O–H groups in total. The molecule has 22 heteroatoms. The van der Waals surface area contributed by atoms with Crippen molar-refractivity contribution in [3.05, 3.63) is 480 Å². The normalized spacial score (nSPS) is 14.0. The fraction of sp³-hybridized carbons (Fsp3) is 0.252. The van der Waals surface area contributed by atoms with Gasteiger partial charge in [-0.3, -0.25) is 0 Å². The summed E-state index contributed by atoms with van der Waals surface area (Å²) in [6, 6.07) is 119. The second-order valence-corrected chi connectivity index (χ2v) is 39.4. The number of allylic oxidation sites excluding steroid dienone is 4. The molecular formula is C123H127B2BrF3O15S. The molecule has 0 bridgehead atoms. The fourth-order valence-corrected chi connectivity index (χ4v) is 18.7. The lowest BCUT2D eigenvalue weighted by Crippen LogP contribution is -2.41. The highest BCUT2D eigenvalue weighted by Crippen LogP contribution is 2.45. The minimum Gasteiger partial charge on any atom is -0.489 e. The average Bonchev–Trinajstić information content (AvgIpc) is 1.62. The minimum absolute atomic E-state index is 0. The van der Waals surface area contributed by atoms with E-state index in [-0.39, 0.29) is 56.0 Å². The zero-order chi connectivity index (χ0) is 101. The van der Waals surface area contributed by atoms with E-state index in [0.717, 1.165) is 131 Å². The van der Waals surface area contributed by atoms with Crippen molar-refractivity contribution in [2.45, 2.75) is 174 Å². The monoisotopic (exact) mass is 2030 g/mol.